The monoisotopic (exact) mass is 393 g/mol. The average molecular weight is 393 g/mol. The molecule has 1 N–H and O–H groups in total. The van der Waals surface area contributed by atoms with Gasteiger partial charge in [0.05, 0.1) is 15.8 Å². The Balaban J connectivity index is 1.50. The molecule has 0 unspecified atom stereocenters. The van der Waals surface area contributed by atoms with Gasteiger partial charge in [-0.1, -0.05) is 24.3 Å². The molecule has 0 spiro atoms. The number of hydrogen-bond acceptors (Lipinski definition) is 6. The number of thioether (sulfide) groups is 1. The summed E-state index contributed by atoms with van der Waals surface area (Å²) in [5.74, 6) is 0.732. The van der Waals surface area contributed by atoms with Crippen molar-refractivity contribution in [2.45, 2.75) is 6.61 Å². The molecule has 8 heteroatoms. The topological polar surface area (TPSA) is 90.3 Å². The van der Waals surface area contributed by atoms with E-state index in [4.69, 9.17) is 4.74 Å². The first-order chi connectivity index (χ1) is 13.5. The third-order valence-electron chi connectivity index (χ3n) is 4.26. The van der Waals surface area contributed by atoms with E-state index in [1.165, 1.54) is 4.57 Å². The van der Waals surface area contributed by atoms with Crippen molar-refractivity contribution in [2.24, 2.45) is 7.05 Å². The van der Waals surface area contributed by atoms with Gasteiger partial charge in [-0.25, -0.2) is 4.98 Å². The lowest BCUT2D eigenvalue weighted by Gasteiger charge is -2.11. The lowest BCUT2D eigenvalue weighted by atomic mass is 10.2. The molecule has 0 radical (unpaired) electrons. The predicted molar refractivity (Wildman–Crippen MR) is 107 cm³/mol. The Morgan fingerprint density at radius 2 is 1.86 bits per heavy atom. The second-order valence-corrected chi connectivity index (χ2v) is 7.13. The van der Waals surface area contributed by atoms with E-state index in [1.807, 2.05) is 12.1 Å². The van der Waals surface area contributed by atoms with E-state index >= 15 is 0 Å². The first kappa shape index (κ1) is 18.0. The Hall–Kier alpha value is -3.39. The van der Waals surface area contributed by atoms with E-state index in [0.29, 0.717) is 27.4 Å². The van der Waals surface area contributed by atoms with Crippen LogP contribution in [0.25, 0.3) is 17.0 Å². The lowest BCUT2D eigenvalue weighted by molar-refractivity contribution is -0.115. The highest BCUT2D eigenvalue weighted by Crippen LogP contribution is 2.26. The summed E-state index contributed by atoms with van der Waals surface area (Å²) in [7, 11) is 1.67. The molecule has 1 aromatic heterocycles. The number of nitrogens with one attached hydrogen (secondary N) is 1. The van der Waals surface area contributed by atoms with Crippen LogP contribution in [0.15, 0.2) is 58.2 Å². The number of aromatic nitrogens is 2. The third kappa shape index (κ3) is 3.54. The van der Waals surface area contributed by atoms with Crippen LogP contribution >= 0.6 is 11.8 Å². The number of nitrogens with zero attached hydrogens (tertiary/aromatic N) is 2. The fourth-order valence-corrected chi connectivity index (χ4v) is 3.46. The van der Waals surface area contributed by atoms with Gasteiger partial charge in [-0.15, -0.1) is 0 Å². The molecule has 1 saturated heterocycles. The Morgan fingerprint density at radius 1 is 1.11 bits per heavy atom. The van der Waals surface area contributed by atoms with Gasteiger partial charge in [0.25, 0.3) is 16.7 Å². The van der Waals surface area contributed by atoms with Crippen LogP contribution in [0.4, 0.5) is 4.79 Å². The Bertz CT molecular complexity index is 1180. The molecule has 0 atom stereocenters. The predicted octanol–water partition coefficient (Wildman–Crippen LogP) is 2.84. The molecule has 2 aromatic carbocycles. The van der Waals surface area contributed by atoms with Crippen LogP contribution in [0.3, 0.4) is 0 Å². The first-order valence-electron chi connectivity index (χ1n) is 8.43. The van der Waals surface area contributed by atoms with Crippen molar-refractivity contribution in [1.82, 2.24) is 14.9 Å². The van der Waals surface area contributed by atoms with Gasteiger partial charge in [0.15, 0.2) is 0 Å². The van der Waals surface area contributed by atoms with Gasteiger partial charge in [-0.3, -0.25) is 24.3 Å². The van der Waals surface area contributed by atoms with Crippen LogP contribution < -0.4 is 15.6 Å². The molecule has 28 heavy (non-hydrogen) atoms. The highest BCUT2D eigenvalue weighted by molar-refractivity contribution is 8.18. The summed E-state index contributed by atoms with van der Waals surface area (Å²) in [6.07, 6.45) is 1.64. The fraction of sp³-hybridized carbons (Fsp3) is 0.100. The van der Waals surface area contributed by atoms with Crippen LogP contribution in [0.2, 0.25) is 0 Å². The van der Waals surface area contributed by atoms with Crippen LogP contribution in [0, 0.1) is 0 Å². The number of amides is 2. The van der Waals surface area contributed by atoms with Crippen molar-refractivity contribution >= 4 is 39.9 Å². The number of fused-ring (bicyclic) bond motifs is 1. The number of para-hydroxylation sites is 1. The Morgan fingerprint density at radius 3 is 2.57 bits per heavy atom. The number of ether oxygens (including phenoxy) is 1. The molecule has 7 nitrogen and oxygen atoms in total. The van der Waals surface area contributed by atoms with Crippen LogP contribution in [-0.2, 0) is 18.4 Å². The summed E-state index contributed by atoms with van der Waals surface area (Å²) in [6.45, 7) is 0.143. The molecule has 1 fully saturated rings. The van der Waals surface area contributed by atoms with E-state index in [0.717, 1.165) is 17.3 Å². The molecule has 3 aromatic rings. The smallest absolute Gasteiger partial charge is 0.290 e. The fourth-order valence-electron chi connectivity index (χ4n) is 2.77. The molecule has 140 valence electrons. The quantitative estimate of drug-likeness (QED) is 0.686. The third-order valence-corrected chi connectivity index (χ3v) is 5.07. The minimum absolute atomic E-state index is 0.118. The zero-order valence-corrected chi connectivity index (χ0v) is 15.7. The molecule has 2 heterocycles. The van der Waals surface area contributed by atoms with E-state index in [2.05, 4.69) is 10.3 Å². The normalized spacial score (nSPS) is 15.2. The first-order valence-corrected chi connectivity index (χ1v) is 9.25. The zero-order chi connectivity index (χ0) is 19.7. The number of benzene rings is 2. The van der Waals surface area contributed by atoms with E-state index in [1.54, 1.807) is 49.5 Å². The van der Waals surface area contributed by atoms with Crippen molar-refractivity contribution in [3.8, 4) is 5.75 Å². The van der Waals surface area contributed by atoms with Crippen molar-refractivity contribution in [3.63, 3.8) is 0 Å². The maximum Gasteiger partial charge on any atom is 0.290 e. The number of carbonyl (C=O) groups excluding carboxylic acids is 2. The standard InChI is InChI=1S/C20H15N3O4S/c1-23-17(21-15-5-3-2-4-14(15)19(23)25)11-27-13-8-6-12(7-9-13)10-16-18(24)22-20(26)28-16/h2-10H,11H2,1H3,(H,22,24,26)/b16-10+. The van der Waals surface area contributed by atoms with Crippen molar-refractivity contribution in [2.75, 3.05) is 0 Å². The molecule has 2 amide bonds. The molecule has 0 aliphatic carbocycles. The molecule has 0 bridgehead atoms. The minimum Gasteiger partial charge on any atom is -0.486 e. The van der Waals surface area contributed by atoms with Crippen LogP contribution in [-0.4, -0.2) is 20.7 Å². The summed E-state index contributed by atoms with van der Waals surface area (Å²) in [6, 6.07) is 14.3. The van der Waals surface area contributed by atoms with Crippen molar-refractivity contribution in [3.05, 3.63) is 75.2 Å². The molecular weight excluding hydrogens is 378 g/mol. The number of hydrogen-bond donors (Lipinski definition) is 1. The molecule has 0 saturated carbocycles. The van der Waals surface area contributed by atoms with Gasteiger partial charge in [-0.2, -0.15) is 0 Å². The lowest BCUT2D eigenvalue weighted by Crippen LogP contribution is -2.23. The molecule has 1 aliphatic heterocycles. The molecular formula is C20H15N3O4S. The highest BCUT2D eigenvalue weighted by atomic mass is 32.2. The van der Waals surface area contributed by atoms with E-state index in [9.17, 15) is 14.4 Å². The summed E-state index contributed by atoms with van der Waals surface area (Å²) >= 11 is 0.874. The van der Waals surface area contributed by atoms with Crippen molar-refractivity contribution < 1.29 is 14.3 Å². The van der Waals surface area contributed by atoms with E-state index < -0.39 is 5.91 Å². The highest BCUT2D eigenvalue weighted by Gasteiger charge is 2.24. The number of imide groups is 1. The summed E-state index contributed by atoms with van der Waals surface area (Å²) < 4.78 is 7.24. The number of rotatable bonds is 4. The van der Waals surface area contributed by atoms with Crippen LogP contribution in [0.1, 0.15) is 11.4 Å². The van der Waals surface area contributed by atoms with Crippen LogP contribution in [0.5, 0.6) is 5.75 Å². The van der Waals surface area contributed by atoms with Gasteiger partial charge in [0.1, 0.15) is 18.2 Å². The van der Waals surface area contributed by atoms with Crippen molar-refractivity contribution in [1.29, 1.82) is 0 Å². The van der Waals surface area contributed by atoms with E-state index in [-0.39, 0.29) is 17.4 Å². The largest absolute Gasteiger partial charge is 0.486 e. The zero-order valence-electron chi connectivity index (χ0n) is 14.8. The minimum atomic E-state index is -0.390. The molecule has 1 aliphatic rings. The summed E-state index contributed by atoms with van der Waals surface area (Å²) in [4.78, 5) is 40.1. The second-order valence-electron chi connectivity index (χ2n) is 6.12. The SMILES string of the molecule is Cn1c(COc2ccc(/C=C3/SC(=O)NC3=O)cc2)nc2ccccc2c1=O. The van der Waals surface area contributed by atoms with Gasteiger partial charge in [0, 0.05) is 7.05 Å². The maximum absolute atomic E-state index is 12.4. The Kier molecular flexibility index (Phi) is 4.70. The average Bonchev–Trinajstić information content (AvgIpc) is 3.01. The Labute approximate surface area is 164 Å². The van der Waals surface area contributed by atoms with Gasteiger partial charge < -0.3 is 4.74 Å². The summed E-state index contributed by atoms with van der Waals surface area (Å²) in [5, 5.41) is 2.41. The number of carbonyl (C=O) groups is 2. The maximum atomic E-state index is 12.4. The van der Waals surface area contributed by atoms with Gasteiger partial charge in [0.2, 0.25) is 0 Å². The second kappa shape index (κ2) is 7.32. The van der Waals surface area contributed by atoms with Gasteiger partial charge >= 0.3 is 0 Å². The van der Waals surface area contributed by atoms with Gasteiger partial charge in [-0.05, 0) is 47.7 Å². The summed E-state index contributed by atoms with van der Waals surface area (Å²) in [5.41, 5.74) is 1.29. The molecule has 4 rings (SSSR count).